The number of rotatable bonds is 7. The second-order valence-corrected chi connectivity index (χ2v) is 7.09. The van der Waals surface area contributed by atoms with Crippen LogP contribution in [0.3, 0.4) is 0 Å². The van der Waals surface area contributed by atoms with Crippen molar-refractivity contribution in [2.24, 2.45) is 0 Å². The van der Waals surface area contributed by atoms with Gasteiger partial charge >= 0.3 is 0 Å². The number of fused-ring (bicyclic) bond motifs is 1. The van der Waals surface area contributed by atoms with E-state index in [2.05, 4.69) is 25.6 Å². The Morgan fingerprint density at radius 2 is 1.90 bits per heavy atom. The van der Waals surface area contributed by atoms with Crippen LogP contribution in [-0.4, -0.2) is 43.2 Å². The maximum atomic E-state index is 13.2. The molecule has 4 rings (SSSR count). The maximum absolute atomic E-state index is 13.2. The van der Waals surface area contributed by atoms with Crippen LogP contribution in [0, 0.1) is 5.82 Å². The van der Waals surface area contributed by atoms with Crippen molar-refractivity contribution in [3.8, 4) is 11.4 Å². The SMILES string of the molecule is CCOc1ccc(NC(=O)CSc2ncnc3c2nnn3-c2ccc(F)cc2)cc1. The lowest BCUT2D eigenvalue weighted by Gasteiger charge is -2.07. The van der Waals surface area contributed by atoms with Gasteiger partial charge in [0.25, 0.3) is 0 Å². The van der Waals surface area contributed by atoms with Crippen molar-refractivity contribution in [3.63, 3.8) is 0 Å². The predicted octanol–water partition coefficient (Wildman–Crippen LogP) is 3.48. The molecule has 0 saturated heterocycles. The quantitative estimate of drug-likeness (QED) is 0.358. The van der Waals surface area contributed by atoms with E-state index in [9.17, 15) is 9.18 Å². The number of amides is 1. The van der Waals surface area contributed by atoms with Gasteiger partial charge in [0.15, 0.2) is 11.2 Å². The van der Waals surface area contributed by atoms with Gasteiger partial charge in [-0.1, -0.05) is 17.0 Å². The highest BCUT2D eigenvalue weighted by molar-refractivity contribution is 8.00. The molecule has 0 aliphatic carbocycles. The Labute approximate surface area is 175 Å². The number of benzene rings is 2. The zero-order valence-corrected chi connectivity index (χ0v) is 16.8. The third-order valence-corrected chi connectivity index (χ3v) is 5.04. The standard InChI is InChI=1S/C20H17FN6O2S/c1-2-29-16-9-5-14(6-10-16)24-17(28)11-30-20-18-19(22-12-23-20)27(26-25-18)15-7-3-13(21)4-8-15/h3-10,12H,2,11H2,1H3,(H,24,28). The summed E-state index contributed by atoms with van der Waals surface area (Å²) < 4.78 is 20.1. The molecule has 4 aromatic rings. The lowest BCUT2D eigenvalue weighted by atomic mass is 10.3. The van der Waals surface area contributed by atoms with E-state index in [4.69, 9.17) is 4.74 Å². The first kappa shape index (κ1) is 19.8. The van der Waals surface area contributed by atoms with Gasteiger partial charge in [-0.2, -0.15) is 4.68 Å². The zero-order chi connectivity index (χ0) is 20.9. The molecule has 0 spiro atoms. The third kappa shape index (κ3) is 4.38. The topological polar surface area (TPSA) is 94.8 Å². The highest BCUT2D eigenvalue weighted by Crippen LogP contribution is 2.24. The van der Waals surface area contributed by atoms with Crippen molar-refractivity contribution in [1.82, 2.24) is 25.0 Å². The first-order valence-electron chi connectivity index (χ1n) is 9.12. The van der Waals surface area contributed by atoms with Crippen LogP contribution in [0.4, 0.5) is 10.1 Å². The van der Waals surface area contributed by atoms with Crippen LogP contribution in [0.2, 0.25) is 0 Å². The summed E-state index contributed by atoms with van der Waals surface area (Å²) in [5, 5.41) is 11.6. The Morgan fingerprint density at radius 1 is 1.13 bits per heavy atom. The van der Waals surface area contributed by atoms with E-state index in [0.717, 1.165) is 5.75 Å². The van der Waals surface area contributed by atoms with E-state index in [-0.39, 0.29) is 17.5 Å². The van der Waals surface area contributed by atoms with Gasteiger partial charge in [-0.25, -0.2) is 14.4 Å². The number of halogens is 1. The molecule has 2 aromatic heterocycles. The minimum atomic E-state index is -0.340. The number of anilines is 1. The maximum Gasteiger partial charge on any atom is 0.234 e. The normalized spacial score (nSPS) is 10.9. The molecule has 10 heteroatoms. The fourth-order valence-electron chi connectivity index (χ4n) is 2.72. The van der Waals surface area contributed by atoms with E-state index >= 15 is 0 Å². The molecule has 30 heavy (non-hydrogen) atoms. The van der Waals surface area contributed by atoms with Crippen molar-refractivity contribution in [1.29, 1.82) is 0 Å². The van der Waals surface area contributed by atoms with Crippen LogP contribution in [0.1, 0.15) is 6.92 Å². The van der Waals surface area contributed by atoms with Gasteiger partial charge < -0.3 is 10.1 Å². The fraction of sp³-hybridized carbons (Fsp3) is 0.150. The summed E-state index contributed by atoms with van der Waals surface area (Å²) in [5.74, 6) is 0.370. The van der Waals surface area contributed by atoms with Gasteiger partial charge in [-0.15, -0.1) is 5.10 Å². The molecule has 0 fully saturated rings. The summed E-state index contributed by atoms with van der Waals surface area (Å²) in [4.78, 5) is 20.8. The molecule has 0 radical (unpaired) electrons. The minimum absolute atomic E-state index is 0.142. The summed E-state index contributed by atoms with van der Waals surface area (Å²) in [6, 6.07) is 13.0. The Morgan fingerprint density at radius 3 is 2.63 bits per heavy atom. The molecule has 0 aliphatic heterocycles. The summed E-state index contributed by atoms with van der Waals surface area (Å²) in [6.07, 6.45) is 1.39. The summed E-state index contributed by atoms with van der Waals surface area (Å²) in [5.41, 5.74) is 2.26. The molecule has 0 bridgehead atoms. The molecule has 0 saturated carbocycles. The monoisotopic (exact) mass is 424 g/mol. The van der Waals surface area contributed by atoms with Gasteiger partial charge in [0, 0.05) is 5.69 Å². The van der Waals surface area contributed by atoms with Gasteiger partial charge in [-0.3, -0.25) is 4.79 Å². The van der Waals surface area contributed by atoms with E-state index in [1.54, 1.807) is 36.4 Å². The first-order valence-corrected chi connectivity index (χ1v) is 10.1. The third-order valence-electron chi connectivity index (χ3n) is 4.06. The van der Waals surface area contributed by atoms with E-state index in [1.807, 2.05) is 6.92 Å². The molecule has 0 unspecified atom stereocenters. The van der Waals surface area contributed by atoms with Crippen LogP contribution in [0.15, 0.2) is 59.9 Å². The number of nitrogens with one attached hydrogen (secondary N) is 1. The number of aromatic nitrogens is 5. The number of nitrogens with zero attached hydrogens (tertiary/aromatic N) is 5. The molecule has 2 heterocycles. The Kier molecular flexibility index (Phi) is 5.84. The average molecular weight is 424 g/mol. The predicted molar refractivity (Wildman–Crippen MR) is 111 cm³/mol. The van der Waals surface area contributed by atoms with Crippen LogP contribution < -0.4 is 10.1 Å². The van der Waals surface area contributed by atoms with Crippen LogP contribution in [0.25, 0.3) is 16.9 Å². The average Bonchev–Trinajstić information content (AvgIpc) is 3.19. The van der Waals surface area contributed by atoms with Crippen molar-refractivity contribution < 1.29 is 13.9 Å². The molecule has 2 aromatic carbocycles. The Hall–Kier alpha value is -3.53. The number of thioether (sulfide) groups is 1. The largest absolute Gasteiger partial charge is 0.494 e. The molecule has 0 atom stereocenters. The number of ether oxygens (including phenoxy) is 1. The lowest BCUT2D eigenvalue weighted by molar-refractivity contribution is -0.113. The highest BCUT2D eigenvalue weighted by Gasteiger charge is 2.15. The van der Waals surface area contributed by atoms with Gasteiger partial charge in [0.1, 0.15) is 22.9 Å². The van der Waals surface area contributed by atoms with E-state index in [1.165, 1.54) is 34.9 Å². The minimum Gasteiger partial charge on any atom is -0.494 e. The first-order chi connectivity index (χ1) is 14.6. The summed E-state index contributed by atoms with van der Waals surface area (Å²) in [7, 11) is 0. The van der Waals surface area contributed by atoms with Crippen molar-refractivity contribution in [2.45, 2.75) is 11.9 Å². The molecule has 1 amide bonds. The smallest absolute Gasteiger partial charge is 0.234 e. The summed E-state index contributed by atoms with van der Waals surface area (Å²) >= 11 is 1.24. The molecular formula is C20H17FN6O2S. The van der Waals surface area contributed by atoms with Gasteiger partial charge in [0.05, 0.1) is 18.0 Å². The summed E-state index contributed by atoms with van der Waals surface area (Å²) in [6.45, 7) is 2.50. The van der Waals surface area contributed by atoms with Gasteiger partial charge in [-0.05, 0) is 55.5 Å². The van der Waals surface area contributed by atoms with Crippen LogP contribution >= 0.6 is 11.8 Å². The number of carbonyl (C=O) groups excluding carboxylic acids is 1. The van der Waals surface area contributed by atoms with Crippen LogP contribution in [0.5, 0.6) is 5.75 Å². The molecule has 1 N–H and O–H groups in total. The van der Waals surface area contributed by atoms with E-state index in [0.29, 0.717) is 34.2 Å². The zero-order valence-electron chi connectivity index (χ0n) is 15.9. The molecule has 152 valence electrons. The Balaban J connectivity index is 1.45. The van der Waals surface area contributed by atoms with Crippen molar-refractivity contribution in [3.05, 3.63) is 60.7 Å². The number of carbonyl (C=O) groups is 1. The van der Waals surface area contributed by atoms with Gasteiger partial charge in [0.2, 0.25) is 5.91 Å². The Bertz CT molecular complexity index is 1160. The number of hydrogen-bond acceptors (Lipinski definition) is 7. The molecular weight excluding hydrogens is 407 g/mol. The second-order valence-electron chi connectivity index (χ2n) is 6.12. The number of hydrogen-bond donors (Lipinski definition) is 1. The lowest BCUT2D eigenvalue weighted by Crippen LogP contribution is -2.14. The molecule has 0 aliphatic rings. The van der Waals surface area contributed by atoms with E-state index < -0.39 is 0 Å². The highest BCUT2D eigenvalue weighted by atomic mass is 32.2. The second kappa shape index (κ2) is 8.87. The van der Waals surface area contributed by atoms with Crippen molar-refractivity contribution in [2.75, 3.05) is 17.7 Å². The van der Waals surface area contributed by atoms with Crippen molar-refractivity contribution >= 4 is 34.5 Å². The van der Waals surface area contributed by atoms with Crippen LogP contribution in [-0.2, 0) is 4.79 Å². The fourth-order valence-corrected chi connectivity index (χ4v) is 3.45. The molecule has 8 nitrogen and oxygen atoms in total.